The summed E-state index contributed by atoms with van der Waals surface area (Å²) in [5.41, 5.74) is 0. The van der Waals surface area contributed by atoms with Gasteiger partial charge in [0.1, 0.15) is 19.3 Å². The number of unbranched alkanes of at least 4 members (excludes halogenated alkanes) is 25. The van der Waals surface area contributed by atoms with E-state index in [2.05, 4.69) is 20.8 Å². The van der Waals surface area contributed by atoms with E-state index in [1.807, 2.05) is 0 Å². The Labute approximate surface area is 280 Å². The van der Waals surface area contributed by atoms with Gasteiger partial charge in [0.25, 0.3) is 0 Å². The molecular formula is C40H78O5. The lowest BCUT2D eigenvalue weighted by atomic mass is 9.99. The highest BCUT2D eigenvalue weighted by Gasteiger charge is 2.12. The lowest BCUT2D eigenvalue weighted by Crippen LogP contribution is -2.25. The zero-order chi connectivity index (χ0) is 33.1. The number of carbonyl (C=O) groups excluding carboxylic acids is 2. The Hall–Kier alpha value is -1.10. The molecule has 0 heterocycles. The molecule has 0 aromatic rings. The van der Waals surface area contributed by atoms with Gasteiger partial charge in [-0.15, -0.1) is 0 Å². The van der Waals surface area contributed by atoms with E-state index in [1.165, 1.54) is 154 Å². The zero-order valence-corrected chi connectivity index (χ0v) is 30.6. The summed E-state index contributed by atoms with van der Waals surface area (Å²) in [4.78, 5) is 23.9. The van der Waals surface area contributed by atoms with E-state index in [9.17, 15) is 14.7 Å². The minimum atomic E-state index is -0.955. The highest BCUT2D eigenvalue weighted by Crippen LogP contribution is 2.16. The van der Waals surface area contributed by atoms with Crippen molar-refractivity contribution in [2.45, 2.75) is 226 Å². The third kappa shape index (κ3) is 35.6. The molecule has 0 aliphatic heterocycles. The monoisotopic (exact) mass is 639 g/mol. The number of aliphatic hydroxyl groups is 1. The molecule has 5 nitrogen and oxygen atoms in total. The van der Waals surface area contributed by atoms with Crippen LogP contribution in [-0.2, 0) is 19.1 Å². The van der Waals surface area contributed by atoms with Crippen LogP contribution >= 0.6 is 0 Å². The van der Waals surface area contributed by atoms with Crippen molar-refractivity contribution in [3.63, 3.8) is 0 Å². The predicted octanol–water partition coefficient (Wildman–Crippen LogP) is 12.2. The molecule has 0 aromatic carbocycles. The molecule has 0 aliphatic rings. The smallest absolute Gasteiger partial charge is 0.305 e. The molecule has 0 aliphatic carbocycles. The third-order valence-corrected chi connectivity index (χ3v) is 9.38. The first-order valence-corrected chi connectivity index (χ1v) is 20.0. The average molecular weight is 639 g/mol. The zero-order valence-electron chi connectivity index (χ0n) is 30.6. The van der Waals surface area contributed by atoms with Gasteiger partial charge in [0, 0.05) is 12.8 Å². The number of ether oxygens (including phenoxy) is 2. The molecule has 0 radical (unpaired) electrons. The summed E-state index contributed by atoms with van der Waals surface area (Å²) in [5.74, 6) is 0.307. The minimum absolute atomic E-state index is 0.109. The first-order valence-electron chi connectivity index (χ1n) is 20.0. The van der Waals surface area contributed by atoms with Crippen LogP contribution in [-0.4, -0.2) is 36.4 Å². The van der Waals surface area contributed by atoms with Gasteiger partial charge in [-0.2, -0.15) is 0 Å². The Bertz CT molecular complexity index is 622. The van der Waals surface area contributed by atoms with Gasteiger partial charge in [-0.3, -0.25) is 9.59 Å². The summed E-state index contributed by atoms with van der Waals surface area (Å²) >= 11 is 0. The van der Waals surface area contributed by atoms with E-state index in [-0.39, 0.29) is 25.2 Å². The molecule has 0 fully saturated rings. The Morgan fingerprint density at radius 3 is 1.07 bits per heavy atom. The molecule has 0 rings (SSSR count). The summed E-state index contributed by atoms with van der Waals surface area (Å²) in [7, 11) is 0. The van der Waals surface area contributed by atoms with Crippen LogP contribution in [0.25, 0.3) is 0 Å². The van der Waals surface area contributed by atoms with E-state index in [4.69, 9.17) is 9.47 Å². The Balaban J connectivity index is 3.37. The van der Waals surface area contributed by atoms with E-state index in [0.717, 1.165) is 38.0 Å². The van der Waals surface area contributed by atoms with Gasteiger partial charge in [0.2, 0.25) is 0 Å². The SMILES string of the molecule is CCCCCCCCCCCCCCCCCCCCCC(=O)OC[C@H](O)COC(=O)CCCCCCCCCCC(C)CC. The van der Waals surface area contributed by atoms with Gasteiger partial charge in [0.05, 0.1) is 0 Å². The molecule has 45 heavy (non-hydrogen) atoms. The van der Waals surface area contributed by atoms with Crippen LogP contribution in [0, 0.1) is 5.92 Å². The second-order valence-electron chi connectivity index (χ2n) is 14.0. The van der Waals surface area contributed by atoms with Gasteiger partial charge in [-0.05, 0) is 18.8 Å². The van der Waals surface area contributed by atoms with Gasteiger partial charge < -0.3 is 14.6 Å². The largest absolute Gasteiger partial charge is 0.463 e. The summed E-state index contributed by atoms with van der Waals surface area (Å²) in [6.45, 7) is 6.67. The normalized spacial score (nSPS) is 12.7. The van der Waals surface area contributed by atoms with Crippen molar-refractivity contribution in [2.24, 2.45) is 5.92 Å². The first-order chi connectivity index (χ1) is 22.0. The van der Waals surface area contributed by atoms with Crippen molar-refractivity contribution in [3.05, 3.63) is 0 Å². The van der Waals surface area contributed by atoms with Gasteiger partial charge in [0.15, 0.2) is 0 Å². The predicted molar refractivity (Wildman–Crippen MR) is 192 cm³/mol. The van der Waals surface area contributed by atoms with Crippen LogP contribution in [0.3, 0.4) is 0 Å². The van der Waals surface area contributed by atoms with Crippen molar-refractivity contribution >= 4 is 11.9 Å². The van der Waals surface area contributed by atoms with Crippen molar-refractivity contribution in [3.8, 4) is 0 Å². The Morgan fingerprint density at radius 2 is 0.756 bits per heavy atom. The number of hydrogen-bond donors (Lipinski definition) is 1. The number of esters is 2. The lowest BCUT2D eigenvalue weighted by molar-refractivity contribution is -0.152. The molecule has 0 amide bonds. The van der Waals surface area contributed by atoms with Crippen LogP contribution in [0.1, 0.15) is 220 Å². The number of hydrogen-bond acceptors (Lipinski definition) is 5. The summed E-state index contributed by atoms with van der Waals surface area (Å²) < 4.78 is 10.3. The highest BCUT2D eigenvalue weighted by molar-refractivity contribution is 5.69. The number of carbonyl (C=O) groups is 2. The maximum atomic E-state index is 12.0. The topological polar surface area (TPSA) is 72.8 Å². The van der Waals surface area contributed by atoms with Crippen LogP contribution in [0.4, 0.5) is 0 Å². The fourth-order valence-corrected chi connectivity index (χ4v) is 5.95. The van der Waals surface area contributed by atoms with Crippen LogP contribution in [0.15, 0.2) is 0 Å². The molecular weight excluding hydrogens is 560 g/mol. The number of aliphatic hydroxyl groups excluding tert-OH is 1. The molecule has 268 valence electrons. The number of rotatable bonds is 36. The van der Waals surface area contributed by atoms with Crippen molar-refractivity contribution < 1.29 is 24.2 Å². The van der Waals surface area contributed by atoms with Gasteiger partial charge in [-0.1, -0.05) is 194 Å². The fourth-order valence-electron chi connectivity index (χ4n) is 5.95. The van der Waals surface area contributed by atoms with Crippen molar-refractivity contribution in [1.29, 1.82) is 0 Å². The van der Waals surface area contributed by atoms with E-state index >= 15 is 0 Å². The molecule has 1 N–H and O–H groups in total. The van der Waals surface area contributed by atoms with Gasteiger partial charge >= 0.3 is 11.9 Å². The molecule has 2 atom stereocenters. The Kier molecular flexibility index (Phi) is 34.9. The van der Waals surface area contributed by atoms with Crippen LogP contribution < -0.4 is 0 Å². The molecule has 5 heteroatoms. The second kappa shape index (κ2) is 35.7. The Morgan fingerprint density at radius 1 is 0.467 bits per heavy atom. The summed E-state index contributed by atoms with van der Waals surface area (Å²) in [6.07, 6.45) is 37.3. The molecule has 0 aromatic heterocycles. The van der Waals surface area contributed by atoms with Crippen molar-refractivity contribution in [1.82, 2.24) is 0 Å². The lowest BCUT2D eigenvalue weighted by Gasteiger charge is -2.12. The van der Waals surface area contributed by atoms with Crippen LogP contribution in [0.2, 0.25) is 0 Å². The fraction of sp³-hybridized carbons (Fsp3) is 0.950. The maximum absolute atomic E-state index is 12.0. The molecule has 0 spiro atoms. The summed E-state index contributed by atoms with van der Waals surface area (Å²) in [5, 5.41) is 10.0. The van der Waals surface area contributed by atoms with Gasteiger partial charge in [-0.25, -0.2) is 0 Å². The average Bonchev–Trinajstić information content (AvgIpc) is 3.04. The molecule has 0 saturated heterocycles. The van der Waals surface area contributed by atoms with Crippen LogP contribution in [0.5, 0.6) is 0 Å². The quantitative estimate of drug-likeness (QED) is 0.0546. The maximum Gasteiger partial charge on any atom is 0.305 e. The minimum Gasteiger partial charge on any atom is -0.463 e. The van der Waals surface area contributed by atoms with E-state index < -0.39 is 6.10 Å². The first kappa shape index (κ1) is 43.9. The molecule has 0 saturated carbocycles. The molecule has 1 unspecified atom stereocenters. The van der Waals surface area contributed by atoms with E-state index in [1.54, 1.807) is 0 Å². The molecule has 0 bridgehead atoms. The third-order valence-electron chi connectivity index (χ3n) is 9.38. The second-order valence-corrected chi connectivity index (χ2v) is 14.0. The highest BCUT2D eigenvalue weighted by atomic mass is 16.6. The van der Waals surface area contributed by atoms with Crippen molar-refractivity contribution in [2.75, 3.05) is 13.2 Å². The standard InChI is InChI=1S/C40H78O5/c1-4-6-7-8-9-10-11-12-13-14-15-16-17-18-19-20-24-27-30-33-39(42)44-35-38(41)36-45-40(43)34-31-28-25-22-21-23-26-29-32-37(3)5-2/h37-38,41H,4-36H2,1-3H3/t37?,38-/m0/s1. The summed E-state index contributed by atoms with van der Waals surface area (Å²) in [6, 6.07) is 0. The van der Waals surface area contributed by atoms with E-state index in [0.29, 0.717) is 12.8 Å².